The molecule has 0 saturated heterocycles. The molecule has 0 aliphatic rings. The van der Waals surface area contributed by atoms with Crippen LogP contribution in [0.4, 0.5) is 5.82 Å². The molecule has 156 valence electrons. The Morgan fingerprint density at radius 1 is 1.16 bits per heavy atom. The molecule has 9 heteroatoms. The molecule has 9 nitrogen and oxygen atoms in total. The first-order valence-corrected chi connectivity index (χ1v) is 9.49. The number of nitrogens with zero attached hydrogens (tertiary/aromatic N) is 3. The van der Waals surface area contributed by atoms with Gasteiger partial charge >= 0.3 is 5.97 Å². The SMILES string of the molecule is CC(Nc1ncnc2c(C(N)=O)cccc12)c1cccc(Cc2ncc(C(=O)O)o2)c1. The third kappa shape index (κ3) is 4.20. The summed E-state index contributed by atoms with van der Waals surface area (Å²) in [7, 11) is 0. The second kappa shape index (κ2) is 8.23. The van der Waals surface area contributed by atoms with Crippen molar-refractivity contribution >= 4 is 28.6 Å². The number of aromatic nitrogens is 3. The van der Waals surface area contributed by atoms with Gasteiger partial charge in [-0.15, -0.1) is 0 Å². The molecule has 2 aromatic heterocycles. The van der Waals surface area contributed by atoms with Crippen LogP contribution in [0.25, 0.3) is 10.9 Å². The maximum atomic E-state index is 11.7. The summed E-state index contributed by atoms with van der Waals surface area (Å²) in [6.07, 6.45) is 2.96. The van der Waals surface area contributed by atoms with Gasteiger partial charge in [0.1, 0.15) is 12.1 Å². The van der Waals surface area contributed by atoms with Gasteiger partial charge in [-0.05, 0) is 30.2 Å². The number of para-hydroxylation sites is 1. The van der Waals surface area contributed by atoms with Crippen LogP contribution in [0.3, 0.4) is 0 Å². The second-order valence-electron chi connectivity index (χ2n) is 7.00. The fourth-order valence-electron chi connectivity index (χ4n) is 3.33. The van der Waals surface area contributed by atoms with Crippen molar-refractivity contribution in [2.45, 2.75) is 19.4 Å². The number of aromatic carboxylic acids is 1. The molecule has 31 heavy (non-hydrogen) atoms. The number of hydrogen-bond acceptors (Lipinski definition) is 7. The van der Waals surface area contributed by atoms with Crippen LogP contribution in [0, 0.1) is 0 Å². The number of oxazole rings is 1. The van der Waals surface area contributed by atoms with Gasteiger partial charge in [-0.25, -0.2) is 19.7 Å². The molecule has 0 spiro atoms. The molecule has 2 aromatic carbocycles. The van der Waals surface area contributed by atoms with Crippen molar-refractivity contribution in [3.63, 3.8) is 0 Å². The Bertz CT molecular complexity index is 1280. The maximum Gasteiger partial charge on any atom is 0.373 e. The lowest BCUT2D eigenvalue weighted by atomic mass is 10.0. The third-order valence-electron chi connectivity index (χ3n) is 4.85. The van der Waals surface area contributed by atoms with Gasteiger partial charge in [0, 0.05) is 17.8 Å². The van der Waals surface area contributed by atoms with E-state index in [-0.39, 0.29) is 11.8 Å². The van der Waals surface area contributed by atoms with Gasteiger partial charge in [-0.1, -0.05) is 30.3 Å². The number of nitrogens with one attached hydrogen (secondary N) is 1. The topological polar surface area (TPSA) is 144 Å². The summed E-state index contributed by atoms with van der Waals surface area (Å²) in [6.45, 7) is 1.98. The lowest BCUT2D eigenvalue weighted by Gasteiger charge is -2.17. The number of rotatable bonds is 7. The second-order valence-corrected chi connectivity index (χ2v) is 7.00. The molecule has 0 radical (unpaired) electrons. The van der Waals surface area contributed by atoms with Crippen molar-refractivity contribution in [2.75, 3.05) is 5.32 Å². The van der Waals surface area contributed by atoms with Gasteiger partial charge in [0.2, 0.25) is 5.76 Å². The number of carbonyl (C=O) groups excluding carboxylic acids is 1. The van der Waals surface area contributed by atoms with Gasteiger partial charge in [0.15, 0.2) is 5.89 Å². The predicted molar refractivity (Wildman–Crippen MR) is 113 cm³/mol. The van der Waals surface area contributed by atoms with Gasteiger partial charge in [0.25, 0.3) is 5.91 Å². The zero-order valence-electron chi connectivity index (χ0n) is 16.6. The van der Waals surface area contributed by atoms with Crippen LogP contribution in [-0.4, -0.2) is 31.9 Å². The lowest BCUT2D eigenvalue weighted by molar-refractivity contribution is 0.0660. The molecule has 0 aliphatic heterocycles. The molecule has 0 saturated carbocycles. The molecule has 1 amide bonds. The zero-order chi connectivity index (χ0) is 22.0. The monoisotopic (exact) mass is 417 g/mol. The number of hydrogen-bond donors (Lipinski definition) is 3. The normalized spacial score (nSPS) is 11.9. The van der Waals surface area contributed by atoms with E-state index in [2.05, 4.69) is 20.3 Å². The molecule has 4 rings (SSSR count). The summed E-state index contributed by atoms with van der Waals surface area (Å²) in [5.74, 6) is -0.969. The Labute approximate surface area is 177 Å². The average molecular weight is 417 g/mol. The number of amides is 1. The molecule has 2 heterocycles. The van der Waals surface area contributed by atoms with E-state index in [0.29, 0.717) is 34.6 Å². The van der Waals surface area contributed by atoms with Crippen LogP contribution >= 0.6 is 0 Å². The molecular weight excluding hydrogens is 398 g/mol. The first kappa shape index (κ1) is 20.0. The highest BCUT2D eigenvalue weighted by Crippen LogP contribution is 2.26. The Kier molecular flexibility index (Phi) is 5.31. The number of anilines is 1. The summed E-state index contributed by atoms with van der Waals surface area (Å²) in [6, 6.07) is 12.9. The highest BCUT2D eigenvalue weighted by Gasteiger charge is 2.15. The first-order valence-electron chi connectivity index (χ1n) is 9.49. The number of carboxylic acid groups (broad SMARTS) is 1. The van der Waals surface area contributed by atoms with E-state index in [1.165, 1.54) is 12.5 Å². The molecule has 1 atom stereocenters. The number of carboxylic acids is 1. The van der Waals surface area contributed by atoms with E-state index < -0.39 is 11.9 Å². The molecule has 1 unspecified atom stereocenters. The van der Waals surface area contributed by atoms with Crippen LogP contribution in [0.5, 0.6) is 0 Å². The average Bonchev–Trinajstić information content (AvgIpc) is 3.22. The molecule has 0 bridgehead atoms. The van der Waals surface area contributed by atoms with Crippen molar-refractivity contribution in [1.29, 1.82) is 0 Å². The van der Waals surface area contributed by atoms with E-state index in [0.717, 1.165) is 11.1 Å². The summed E-state index contributed by atoms with van der Waals surface area (Å²) >= 11 is 0. The van der Waals surface area contributed by atoms with Crippen molar-refractivity contribution in [3.8, 4) is 0 Å². The van der Waals surface area contributed by atoms with Gasteiger partial charge in [0.05, 0.1) is 17.3 Å². The summed E-state index contributed by atoms with van der Waals surface area (Å²) < 4.78 is 5.24. The predicted octanol–water partition coefficient (Wildman–Crippen LogP) is 3.18. The third-order valence-corrected chi connectivity index (χ3v) is 4.85. The van der Waals surface area contributed by atoms with E-state index >= 15 is 0 Å². The maximum absolute atomic E-state index is 11.7. The largest absolute Gasteiger partial charge is 0.475 e. The van der Waals surface area contributed by atoms with E-state index in [4.69, 9.17) is 15.3 Å². The van der Waals surface area contributed by atoms with Crippen LogP contribution in [0.1, 0.15) is 50.9 Å². The highest BCUT2D eigenvalue weighted by molar-refractivity contribution is 6.06. The molecule has 4 N–H and O–H groups in total. The summed E-state index contributed by atoms with van der Waals surface area (Å²) in [5, 5.41) is 13.0. The number of fused-ring (bicyclic) bond motifs is 1. The molecule has 0 aliphatic carbocycles. The quantitative estimate of drug-likeness (QED) is 0.416. The Hall–Kier alpha value is -4.27. The fourth-order valence-corrected chi connectivity index (χ4v) is 3.33. The number of primary amides is 1. The summed E-state index contributed by atoms with van der Waals surface area (Å²) in [5.41, 5.74) is 8.20. The van der Waals surface area contributed by atoms with E-state index in [9.17, 15) is 9.59 Å². The van der Waals surface area contributed by atoms with E-state index in [1.807, 2.05) is 37.3 Å². The minimum absolute atomic E-state index is 0.116. The van der Waals surface area contributed by atoms with Crippen LogP contribution < -0.4 is 11.1 Å². The van der Waals surface area contributed by atoms with Crippen LogP contribution in [0.2, 0.25) is 0 Å². The Balaban J connectivity index is 1.57. The zero-order valence-corrected chi connectivity index (χ0v) is 16.6. The molecule has 4 aromatic rings. The Morgan fingerprint density at radius 2 is 1.97 bits per heavy atom. The van der Waals surface area contributed by atoms with Crippen molar-refractivity contribution in [1.82, 2.24) is 15.0 Å². The number of benzene rings is 2. The molecular formula is C22H19N5O4. The summed E-state index contributed by atoms with van der Waals surface area (Å²) in [4.78, 5) is 35.2. The lowest BCUT2D eigenvalue weighted by Crippen LogP contribution is -2.13. The van der Waals surface area contributed by atoms with Crippen molar-refractivity contribution < 1.29 is 19.1 Å². The van der Waals surface area contributed by atoms with Crippen molar-refractivity contribution in [2.24, 2.45) is 5.73 Å². The minimum Gasteiger partial charge on any atom is -0.475 e. The van der Waals surface area contributed by atoms with Gasteiger partial charge in [-0.3, -0.25) is 4.79 Å². The number of carbonyl (C=O) groups is 2. The standard InChI is InChI=1S/C22H19N5O4/c1-12(27-21-16-7-3-6-15(20(23)28)19(16)25-11-26-21)14-5-2-4-13(8-14)9-18-24-10-17(31-18)22(29)30/h2-8,10-12H,9H2,1H3,(H2,23,28)(H,29,30)(H,25,26,27). The smallest absolute Gasteiger partial charge is 0.373 e. The fraction of sp³-hybridized carbons (Fsp3) is 0.136. The van der Waals surface area contributed by atoms with E-state index in [1.54, 1.807) is 12.1 Å². The number of nitrogens with two attached hydrogens (primary N) is 1. The highest BCUT2D eigenvalue weighted by atomic mass is 16.4. The van der Waals surface area contributed by atoms with Crippen molar-refractivity contribution in [3.05, 3.63) is 83.3 Å². The van der Waals surface area contributed by atoms with Crippen LogP contribution in [-0.2, 0) is 6.42 Å². The minimum atomic E-state index is -1.15. The first-order chi connectivity index (χ1) is 14.9. The Morgan fingerprint density at radius 3 is 2.71 bits per heavy atom. The molecule has 0 fully saturated rings. The van der Waals surface area contributed by atoms with Crippen LogP contribution in [0.15, 0.2) is 59.4 Å². The van der Waals surface area contributed by atoms with Gasteiger partial charge in [-0.2, -0.15) is 0 Å². The van der Waals surface area contributed by atoms with Gasteiger partial charge < -0.3 is 20.6 Å².